The molecule has 0 aromatic heterocycles. The molecule has 0 radical (unpaired) electrons. The normalized spacial score (nSPS) is 41.8. The third-order valence-corrected chi connectivity index (χ3v) is 10.9. The minimum absolute atomic E-state index is 0. The highest BCUT2D eigenvalue weighted by Gasteiger charge is 2.60. The lowest BCUT2D eigenvalue weighted by Crippen LogP contribution is -2.51. The highest BCUT2D eigenvalue weighted by atomic mass is 127. The standard InChI is InChI=1S/C16H30P.HI/c1-4-5-6-17(2,3)16-10-13-7-14(11-16)9-15(8-13)12-16;/h13-15H,4-12H2,1-3H3;1H/q+1;. The first-order valence-corrected chi connectivity index (χ1v) is 10.7. The maximum atomic E-state index is 2.70. The second-order valence-corrected chi connectivity index (χ2v) is 12.7. The Bertz CT molecular complexity index is 262. The molecule has 0 unspecified atom stereocenters. The molecule has 0 aromatic rings. The summed E-state index contributed by atoms with van der Waals surface area (Å²) in [5.41, 5.74) is 0. The van der Waals surface area contributed by atoms with E-state index in [0.717, 1.165) is 22.9 Å². The van der Waals surface area contributed by atoms with Crippen molar-refractivity contribution in [1.29, 1.82) is 0 Å². The van der Waals surface area contributed by atoms with Crippen LogP contribution in [0.4, 0.5) is 0 Å². The average Bonchev–Trinajstić information content (AvgIpc) is 2.24. The summed E-state index contributed by atoms with van der Waals surface area (Å²) in [5.74, 6) is 3.42. The van der Waals surface area contributed by atoms with Gasteiger partial charge in [-0.25, -0.2) is 0 Å². The summed E-state index contributed by atoms with van der Waals surface area (Å²) in [5, 5.41) is 0.858. The predicted molar refractivity (Wildman–Crippen MR) is 94.9 cm³/mol. The van der Waals surface area contributed by atoms with Crippen LogP contribution in [-0.2, 0) is 0 Å². The lowest BCUT2D eigenvalue weighted by molar-refractivity contribution is 0.0345. The third kappa shape index (κ3) is 2.52. The van der Waals surface area contributed by atoms with Crippen molar-refractivity contribution in [2.24, 2.45) is 17.8 Å². The van der Waals surface area contributed by atoms with Crippen molar-refractivity contribution in [3.63, 3.8) is 0 Å². The van der Waals surface area contributed by atoms with Crippen LogP contribution in [0.25, 0.3) is 0 Å². The third-order valence-electron chi connectivity index (χ3n) is 6.36. The molecule has 4 fully saturated rings. The van der Waals surface area contributed by atoms with Crippen LogP contribution in [0, 0.1) is 17.8 Å². The first-order valence-electron chi connectivity index (χ1n) is 7.88. The van der Waals surface area contributed by atoms with Crippen molar-refractivity contribution in [2.45, 2.75) is 63.4 Å². The zero-order valence-corrected chi connectivity index (χ0v) is 15.7. The van der Waals surface area contributed by atoms with E-state index in [2.05, 4.69) is 20.3 Å². The summed E-state index contributed by atoms with van der Waals surface area (Å²) >= 11 is 0. The number of unbranched alkanes of at least 4 members (excludes halogenated alkanes) is 1. The molecule has 0 N–H and O–H groups in total. The van der Waals surface area contributed by atoms with Gasteiger partial charge in [0, 0.05) is 20.6 Å². The quantitative estimate of drug-likeness (QED) is 0.436. The fourth-order valence-corrected chi connectivity index (χ4v) is 9.44. The Balaban J connectivity index is 0.00000120. The van der Waals surface area contributed by atoms with Crippen molar-refractivity contribution in [2.75, 3.05) is 19.5 Å². The van der Waals surface area contributed by atoms with Crippen LogP contribution in [0.2, 0.25) is 0 Å². The molecule has 0 heterocycles. The van der Waals surface area contributed by atoms with E-state index in [4.69, 9.17) is 0 Å². The summed E-state index contributed by atoms with van der Waals surface area (Å²) in [6.07, 6.45) is 14.2. The minimum atomic E-state index is -0.659. The monoisotopic (exact) mass is 381 g/mol. The highest BCUT2D eigenvalue weighted by molar-refractivity contribution is 14.0. The molecule has 0 spiro atoms. The SMILES string of the molecule is CCCC[P+](C)(C)C12CC3CC(CC(C3)C1)C2.I. The molecule has 4 saturated carbocycles. The molecule has 4 aliphatic carbocycles. The number of hydrogen-bond donors (Lipinski definition) is 0. The molecule has 18 heavy (non-hydrogen) atoms. The largest absolute Gasteiger partial charge is 0.107 e. The first kappa shape index (κ1) is 15.5. The number of halogens is 1. The van der Waals surface area contributed by atoms with E-state index in [1.54, 1.807) is 44.7 Å². The van der Waals surface area contributed by atoms with Crippen LogP contribution >= 0.6 is 31.2 Å². The Hall–Kier alpha value is 1.16. The zero-order chi connectivity index (χ0) is 12.1. The second-order valence-electron chi connectivity index (χ2n) is 7.90. The fourth-order valence-electron chi connectivity index (χ4n) is 5.60. The summed E-state index contributed by atoms with van der Waals surface area (Å²) in [7, 11) is -0.659. The van der Waals surface area contributed by atoms with E-state index < -0.39 is 7.26 Å². The smallest absolute Gasteiger partial charge is 0.0802 e. The van der Waals surface area contributed by atoms with Gasteiger partial charge >= 0.3 is 0 Å². The van der Waals surface area contributed by atoms with Crippen LogP contribution in [-0.4, -0.2) is 24.6 Å². The van der Waals surface area contributed by atoms with Gasteiger partial charge in [-0.1, -0.05) is 13.3 Å². The molecule has 0 aromatic carbocycles. The van der Waals surface area contributed by atoms with Crippen LogP contribution < -0.4 is 0 Å². The zero-order valence-electron chi connectivity index (χ0n) is 12.5. The Labute approximate surface area is 131 Å². The van der Waals surface area contributed by atoms with Gasteiger partial charge in [-0.3, -0.25) is 0 Å². The summed E-state index contributed by atoms with van der Waals surface area (Å²) in [4.78, 5) is 0. The van der Waals surface area contributed by atoms with E-state index in [-0.39, 0.29) is 24.0 Å². The topological polar surface area (TPSA) is 0 Å². The molecule has 0 amide bonds. The number of rotatable bonds is 4. The fraction of sp³-hybridized carbons (Fsp3) is 1.00. The number of hydrogen-bond acceptors (Lipinski definition) is 0. The van der Waals surface area contributed by atoms with Crippen molar-refractivity contribution < 1.29 is 0 Å². The molecule has 106 valence electrons. The van der Waals surface area contributed by atoms with Gasteiger partial charge in [0.2, 0.25) is 0 Å². The van der Waals surface area contributed by atoms with Gasteiger partial charge < -0.3 is 0 Å². The molecule has 4 rings (SSSR count). The molecule has 2 heteroatoms. The second kappa shape index (κ2) is 5.51. The van der Waals surface area contributed by atoms with Gasteiger partial charge in [-0.2, -0.15) is 0 Å². The van der Waals surface area contributed by atoms with Crippen molar-refractivity contribution >= 4 is 31.2 Å². The average molecular weight is 381 g/mol. The van der Waals surface area contributed by atoms with Gasteiger partial charge in [-0.05, 0) is 62.7 Å². The van der Waals surface area contributed by atoms with E-state index in [1.165, 1.54) is 12.8 Å². The molecule has 0 atom stereocenters. The van der Waals surface area contributed by atoms with Gasteiger partial charge in [0.1, 0.15) is 0 Å². The van der Waals surface area contributed by atoms with Crippen molar-refractivity contribution in [3.05, 3.63) is 0 Å². The molecular formula is C16H31IP+. The van der Waals surface area contributed by atoms with Gasteiger partial charge in [0.05, 0.1) is 11.3 Å². The van der Waals surface area contributed by atoms with E-state index >= 15 is 0 Å². The molecule has 4 bridgehead atoms. The Kier molecular flexibility index (Phi) is 4.76. The van der Waals surface area contributed by atoms with Crippen LogP contribution in [0.5, 0.6) is 0 Å². The minimum Gasteiger partial charge on any atom is -0.107 e. The predicted octanol–water partition coefficient (Wildman–Crippen LogP) is 5.65. The van der Waals surface area contributed by atoms with Crippen molar-refractivity contribution in [3.8, 4) is 0 Å². The molecular weight excluding hydrogens is 350 g/mol. The maximum absolute atomic E-state index is 2.70. The van der Waals surface area contributed by atoms with Crippen molar-refractivity contribution in [1.82, 2.24) is 0 Å². The van der Waals surface area contributed by atoms with Crippen LogP contribution in [0.1, 0.15) is 58.3 Å². The van der Waals surface area contributed by atoms with E-state index in [9.17, 15) is 0 Å². The van der Waals surface area contributed by atoms with E-state index in [0.29, 0.717) is 0 Å². The molecule has 4 aliphatic rings. The highest BCUT2D eigenvalue weighted by Crippen LogP contribution is 2.75. The van der Waals surface area contributed by atoms with Gasteiger partial charge in [-0.15, -0.1) is 24.0 Å². The van der Waals surface area contributed by atoms with E-state index in [1.807, 2.05) is 0 Å². The molecule has 0 saturated heterocycles. The lowest BCUT2D eigenvalue weighted by Gasteiger charge is -2.58. The lowest BCUT2D eigenvalue weighted by atomic mass is 9.56. The Morgan fingerprint density at radius 1 is 0.944 bits per heavy atom. The maximum Gasteiger partial charge on any atom is 0.0802 e. The summed E-state index contributed by atoms with van der Waals surface area (Å²) in [6.45, 7) is 7.77. The van der Waals surface area contributed by atoms with Crippen LogP contribution in [0.15, 0.2) is 0 Å². The first-order chi connectivity index (χ1) is 8.05. The van der Waals surface area contributed by atoms with Gasteiger partial charge in [0.25, 0.3) is 0 Å². The van der Waals surface area contributed by atoms with Gasteiger partial charge in [0.15, 0.2) is 0 Å². The molecule has 0 aliphatic heterocycles. The molecule has 0 nitrogen and oxygen atoms in total. The Morgan fingerprint density at radius 3 is 1.78 bits per heavy atom. The Morgan fingerprint density at radius 2 is 1.39 bits per heavy atom. The summed E-state index contributed by atoms with van der Waals surface area (Å²) < 4.78 is 0. The summed E-state index contributed by atoms with van der Waals surface area (Å²) in [6, 6.07) is 0. The van der Waals surface area contributed by atoms with Crippen LogP contribution in [0.3, 0.4) is 0 Å².